The van der Waals surface area contributed by atoms with Crippen molar-refractivity contribution >= 4 is 29.2 Å². The number of hydrogen-bond donors (Lipinski definition) is 2. The Bertz CT molecular complexity index is 884. The van der Waals surface area contributed by atoms with Gasteiger partial charge >= 0.3 is 5.97 Å². The molecule has 148 valence electrons. The second-order valence-electron chi connectivity index (χ2n) is 5.50. The first-order valence-corrected chi connectivity index (χ1v) is 8.52. The molecule has 2 aromatic carbocycles. The van der Waals surface area contributed by atoms with E-state index in [0.29, 0.717) is 33.5 Å². The van der Waals surface area contributed by atoms with Gasteiger partial charge in [-0.2, -0.15) is 5.10 Å². The molecule has 0 aliphatic rings. The van der Waals surface area contributed by atoms with Crippen LogP contribution in [0.3, 0.4) is 0 Å². The highest BCUT2D eigenvalue weighted by atomic mass is 35.5. The Morgan fingerprint density at radius 2 is 1.79 bits per heavy atom. The second kappa shape index (κ2) is 10.2. The number of carboxylic acids is 1. The van der Waals surface area contributed by atoms with Crippen molar-refractivity contribution in [1.29, 1.82) is 0 Å². The van der Waals surface area contributed by atoms with Crippen LogP contribution in [0.4, 0.5) is 0 Å². The largest absolute Gasteiger partial charge is 0.493 e. The highest BCUT2D eigenvalue weighted by molar-refractivity contribution is 6.32. The van der Waals surface area contributed by atoms with E-state index in [1.54, 1.807) is 49.4 Å². The predicted octanol–water partition coefficient (Wildman–Crippen LogP) is 2.73. The third-order valence-electron chi connectivity index (χ3n) is 3.48. The smallest absolute Gasteiger partial charge is 0.341 e. The van der Waals surface area contributed by atoms with Crippen molar-refractivity contribution in [3.8, 4) is 17.2 Å². The highest BCUT2D eigenvalue weighted by Crippen LogP contribution is 2.28. The summed E-state index contributed by atoms with van der Waals surface area (Å²) in [7, 11) is 1.44. The Hall–Kier alpha value is -3.26. The summed E-state index contributed by atoms with van der Waals surface area (Å²) >= 11 is 5.96. The van der Waals surface area contributed by atoms with Crippen LogP contribution in [0.5, 0.6) is 17.2 Å². The van der Waals surface area contributed by atoms with E-state index in [1.807, 2.05) is 0 Å². The van der Waals surface area contributed by atoms with Crippen molar-refractivity contribution in [2.45, 2.75) is 6.92 Å². The fourth-order valence-electron chi connectivity index (χ4n) is 2.10. The number of benzene rings is 2. The number of aliphatic carboxylic acids is 1. The molecule has 0 saturated carbocycles. The van der Waals surface area contributed by atoms with E-state index in [4.69, 9.17) is 30.9 Å². The number of carboxylic acid groups (broad SMARTS) is 1. The predicted molar refractivity (Wildman–Crippen MR) is 103 cm³/mol. The van der Waals surface area contributed by atoms with Gasteiger partial charge in [-0.3, -0.25) is 4.79 Å². The molecule has 0 atom stereocenters. The summed E-state index contributed by atoms with van der Waals surface area (Å²) in [5.41, 5.74) is 3.56. The summed E-state index contributed by atoms with van der Waals surface area (Å²) in [4.78, 5) is 22.5. The van der Waals surface area contributed by atoms with Crippen molar-refractivity contribution in [2.24, 2.45) is 5.10 Å². The maximum Gasteiger partial charge on any atom is 0.341 e. The fourth-order valence-corrected chi connectivity index (χ4v) is 2.29. The molecule has 0 heterocycles. The van der Waals surface area contributed by atoms with Gasteiger partial charge in [0.2, 0.25) is 0 Å². The van der Waals surface area contributed by atoms with Crippen LogP contribution in [0, 0.1) is 0 Å². The second-order valence-corrected chi connectivity index (χ2v) is 5.91. The van der Waals surface area contributed by atoms with E-state index < -0.39 is 18.5 Å². The average molecular weight is 407 g/mol. The SMILES string of the molecule is COc1cc(/C(C)=N\NC(=O)COc2ccccc2Cl)ccc1OCC(=O)O. The summed E-state index contributed by atoms with van der Waals surface area (Å²) in [6.07, 6.45) is 0. The number of hydrazone groups is 1. The van der Waals surface area contributed by atoms with Crippen molar-refractivity contribution in [2.75, 3.05) is 20.3 Å². The maximum atomic E-state index is 11.9. The topological polar surface area (TPSA) is 106 Å². The summed E-state index contributed by atoms with van der Waals surface area (Å²) in [6.45, 7) is 0.970. The molecule has 0 aliphatic heterocycles. The molecule has 28 heavy (non-hydrogen) atoms. The van der Waals surface area contributed by atoms with Gasteiger partial charge in [-0.15, -0.1) is 0 Å². The normalized spacial score (nSPS) is 10.9. The molecule has 0 saturated heterocycles. The first-order valence-electron chi connectivity index (χ1n) is 8.14. The third kappa shape index (κ3) is 6.17. The molecule has 8 nitrogen and oxygen atoms in total. The summed E-state index contributed by atoms with van der Waals surface area (Å²) in [5, 5.41) is 13.1. The molecule has 2 rings (SSSR count). The third-order valence-corrected chi connectivity index (χ3v) is 3.79. The van der Waals surface area contributed by atoms with E-state index in [0.717, 1.165) is 0 Å². The summed E-state index contributed by atoms with van der Waals surface area (Å²) in [5.74, 6) is -0.500. The van der Waals surface area contributed by atoms with E-state index in [9.17, 15) is 9.59 Å². The molecule has 0 aromatic heterocycles. The molecule has 1 amide bonds. The van der Waals surface area contributed by atoms with Crippen LogP contribution >= 0.6 is 11.6 Å². The van der Waals surface area contributed by atoms with Crippen LogP contribution < -0.4 is 19.6 Å². The van der Waals surface area contributed by atoms with Crippen LogP contribution in [0.25, 0.3) is 0 Å². The van der Waals surface area contributed by atoms with Crippen LogP contribution in [-0.4, -0.2) is 43.0 Å². The van der Waals surface area contributed by atoms with Gasteiger partial charge in [0.25, 0.3) is 5.91 Å². The quantitative estimate of drug-likeness (QED) is 0.490. The lowest BCUT2D eigenvalue weighted by Gasteiger charge is -2.11. The molecule has 0 spiro atoms. The minimum absolute atomic E-state index is 0.244. The lowest BCUT2D eigenvalue weighted by molar-refractivity contribution is -0.139. The van der Waals surface area contributed by atoms with Crippen molar-refractivity contribution in [3.63, 3.8) is 0 Å². The molecule has 0 fully saturated rings. The Morgan fingerprint density at radius 3 is 2.46 bits per heavy atom. The summed E-state index contributed by atoms with van der Waals surface area (Å²) in [6, 6.07) is 11.7. The molecule has 0 aliphatic carbocycles. The van der Waals surface area contributed by atoms with Crippen LogP contribution in [0.15, 0.2) is 47.6 Å². The van der Waals surface area contributed by atoms with Crippen LogP contribution in [0.2, 0.25) is 5.02 Å². The highest BCUT2D eigenvalue weighted by Gasteiger charge is 2.10. The first-order chi connectivity index (χ1) is 13.4. The molecule has 0 bridgehead atoms. The van der Waals surface area contributed by atoms with Gasteiger partial charge in [-0.25, -0.2) is 10.2 Å². The van der Waals surface area contributed by atoms with Gasteiger partial charge in [0.05, 0.1) is 17.8 Å². The number of amides is 1. The van der Waals surface area contributed by atoms with E-state index in [1.165, 1.54) is 7.11 Å². The van der Waals surface area contributed by atoms with Crippen LogP contribution in [-0.2, 0) is 9.59 Å². The molecular formula is C19H19ClN2O6. The lowest BCUT2D eigenvalue weighted by atomic mass is 10.1. The standard InChI is InChI=1S/C19H19ClN2O6/c1-12(13-7-8-16(17(9-13)26-2)28-11-19(24)25)21-22-18(23)10-27-15-6-4-3-5-14(15)20/h3-9H,10-11H2,1-2H3,(H,22,23)(H,24,25)/b21-12-. The first kappa shape index (κ1) is 21.0. The zero-order valence-electron chi connectivity index (χ0n) is 15.3. The van der Waals surface area contributed by atoms with Gasteiger partial charge in [-0.05, 0) is 37.3 Å². The molecule has 2 N–H and O–H groups in total. The van der Waals surface area contributed by atoms with E-state index in [-0.39, 0.29) is 6.61 Å². The number of methoxy groups -OCH3 is 1. The van der Waals surface area contributed by atoms with Crippen molar-refractivity contribution in [1.82, 2.24) is 5.43 Å². The van der Waals surface area contributed by atoms with E-state index in [2.05, 4.69) is 10.5 Å². The van der Waals surface area contributed by atoms with Gasteiger partial charge < -0.3 is 19.3 Å². The number of carbonyl (C=O) groups excluding carboxylic acids is 1. The molecule has 9 heteroatoms. The minimum atomic E-state index is -1.09. The number of hydrogen-bond acceptors (Lipinski definition) is 6. The summed E-state index contributed by atoms with van der Waals surface area (Å²) < 4.78 is 15.7. The van der Waals surface area contributed by atoms with Gasteiger partial charge in [0.1, 0.15) is 5.75 Å². The Kier molecular flexibility index (Phi) is 7.65. The molecular weight excluding hydrogens is 388 g/mol. The molecule has 2 aromatic rings. The molecule has 0 radical (unpaired) electrons. The van der Waals surface area contributed by atoms with Gasteiger partial charge in [0, 0.05) is 5.56 Å². The van der Waals surface area contributed by atoms with E-state index >= 15 is 0 Å². The monoisotopic (exact) mass is 406 g/mol. The number of carbonyl (C=O) groups is 2. The average Bonchev–Trinajstić information content (AvgIpc) is 2.69. The molecule has 0 unspecified atom stereocenters. The Balaban J connectivity index is 1.97. The zero-order chi connectivity index (χ0) is 20.5. The Labute approximate surface area is 166 Å². The number of ether oxygens (including phenoxy) is 3. The maximum absolute atomic E-state index is 11.9. The van der Waals surface area contributed by atoms with Gasteiger partial charge in [-0.1, -0.05) is 23.7 Å². The van der Waals surface area contributed by atoms with Crippen molar-refractivity contribution < 1.29 is 28.9 Å². The Morgan fingerprint density at radius 1 is 1.07 bits per heavy atom. The van der Waals surface area contributed by atoms with Crippen molar-refractivity contribution in [3.05, 3.63) is 53.1 Å². The minimum Gasteiger partial charge on any atom is -0.493 e. The fraction of sp³-hybridized carbons (Fsp3) is 0.211. The van der Waals surface area contributed by atoms with Crippen LogP contribution in [0.1, 0.15) is 12.5 Å². The number of halogens is 1. The number of rotatable bonds is 9. The number of para-hydroxylation sites is 1. The lowest BCUT2D eigenvalue weighted by Crippen LogP contribution is -2.25. The number of nitrogens with one attached hydrogen (secondary N) is 1. The van der Waals surface area contributed by atoms with Gasteiger partial charge in [0.15, 0.2) is 24.7 Å². The zero-order valence-corrected chi connectivity index (χ0v) is 16.0. The number of nitrogens with zero attached hydrogens (tertiary/aromatic N) is 1.